The number of carbonyl (C=O) groups is 1. The lowest BCUT2D eigenvalue weighted by molar-refractivity contribution is -0.122. The number of carbonyl (C=O) groups excluding carboxylic acids is 1. The van der Waals surface area contributed by atoms with E-state index in [0.717, 1.165) is 32.0 Å². The Kier molecular flexibility index (Phi) is 3.27. The number of hydrogen-bond acceptors (Lipinski definition) is 2. The van der Waals surface area contributed by atoms with Gasteiger partial charge in [0.15, 0.2) is 0 Å². The molecule has 0 aromatic carbocycles. The van der Waals surface area contributed by atoms with Crippen LogP contribution in [0.2, 0.25) is 0 Å². The van der Waals surface area contributed by atoms with Crippen molar-refractivity contribution in [2.24, 2.45) is 11.3 Å². The highest BCUT2D eigenvalue weighted by molar-refractivity contribution is 5.60. The molecule has 1 fully saturated rings. The molecule has 2 heteroatoms. The average Bonchev–Trinajstić information content (AvgIpc) is 2.17. The van der Waals surface area contributed by atoms with Gasteiger partial charge < -0.3 is 9.90 Å². The summed E-state index contributed by atoms with van der Waals surface area (Å²) in [5.41, 5.74) is -0.201. The topological polar surface area (TPSA) is 37.3 Å². The largest absolute Gasteiger partial charge is 0.396 e. The summed E-state index contributed by atoms with van der Waals surface area (Å²) >= 11 is 0. The van der Waals surface area contributed by atoms with Gasteiger partial charge >= 0.3 is 0 Å². The first-order valence-corrected chi connectivity index (χ1v) is 4.82. The van der Waals surface area contributed by atoms with Gasteiger partial charge in [-0.2, -0.15) is 0 Å². The molecule has 1 aliphatic carbocycles. The minimum Gasteiger partial charge on any atom is -0.396 e. The van der Waals surface area contributed by atoms with Gasteiger partial charge in [0.1, 0.15) is 6.29 Å². The van der Waals surface area contributed by atoms with Crippen molar-refractivity contribution >= 4 is 6.29 Å². The van der Waals surface area contributed by atoms with Crippen LogP contribution in [0.1, 0.15) is 39.0 Å². The summed E-state index contributed by atoms with van der Waals surface area (Å²) < 4.78 is 0. The van der Waals surface area contributed by atoms with E-state index in [1.165, 1.54) is 6.42 Å². The van der Waals surface area contributed by atoms with Crippen LogP contribution >= 0.6 is 0 Å². The summed E-state index contributed by atoms with van der Waals surface area (Å²) in [6.45, 7) is 2.11. The van der Waals surface area contributed by atoms with E-state index in [2.05, 4.69) is 0 Å². The van der Waals surface area contributed by atoms with Gasteiger partial charge in [0.25, 0.3) is 0 Å². The maximum atomic E-state index is 11.0. The van der Waals surface area contributed by atoms with Crippen molar-refractivity contribution < 1.29 is 9.90 Å². The first kappa shape index (κ1) is 9.72. The minimum atomic E-state index is -0.201. The molecule has 1 N–H and O–H groups in total. The molecule has 0 radical (unpaired) electrons. The molecular weight excluding hydrogens is 152 g/mol. The third-order valence-corrected chi connectivity index (χ3v) is 3.27. The van der Waals surface area contributed by atoms with E-state index >= 15 is 0 Å². The van der Waals surface area contributed by atoms with E-state index in [1.807, 2.05) is 6.92 Å². The Morgan fingerprint density at radius 3 is 2.42 bits per heavy atom. The Morgan fingerprint density at radius 2 is 2.00 bits per heavy atom. The molecule has 70 valence electrons. The maximum Gasteiger partial charge on any atom is 0.126 e. The maximum absolute atomic E-state index is 11.0. The molecule has 0 heterocycles. The summed E-state index contributed by atoms with van der Waals surface area (Å²) in [5.74, 6) is 0.135. The predicted molar refractivity (Wildman–Crippen MR) is 47.8 cm³/mol. The highest BCUT2D eigenvalue weighted by atomic mass is 16.3. The van der Waals surface area contributed by atoms with Crippen LogP contribution < -0.4 is 0 Å². The van der Waals surface area contributed by atoms with Crippen LogP contribution in [0, 0.1) is 11.3 Å². The molecule has 1 rings (SSSR count). The second kappa shape index (κ2) is 4.04. The van der Waals surface area contributed by atoms with Crippen LogP contribution in [-0.2, 0) is 4.79 Å². The van der Waals surface area contributed by atoms with Gasteiger partial charge in [0, 0.05) is 12.0 Å². The fourth-order valence-corrected chi connectivity index (χ4v) is 2.12. The van der Waals surface area contributed by atoms with E-state index in [9.17, 15) is 4.79 Å². The highest BCUT2D eigenvalue weighted by Gasteiger charge is 2.36. The number of aldehydes is 1. The van der Waals surface area contributed by atoms with E-state index in [4.69, 9.17) is 5.11 Å². The van der Waals surface area contributed by atoms with Crippen LogP contribution in [0.15, 0.2) is 0 Å². The predicted octanol–water partition coefficient (Wildman–Crippen LogP) is 1.76. The van der Waals surface area contributed by atoms with Crippen LogP contribution in [0.3, 0.4) is 0 Å². The standard InChI is InChI=1S/C10H18O2/c1-9(7-11)10(8-12)5-3-2-4-6-10/h8-9,11H,2-7H2,1H3. The smallest absolute Gasteiger partial charge is 0.126 e. The zero-order valence-electron chi connectivity index (χ0n) is 7.75. The molecule has 0 aromatic heterocycles. The Balaban J connectivity index is 2.65. The summed E-state index contributed by atoms with van der Waals surface area (Å²) in [6.07, 6.45) is 6.55. The Hall–Kier alpha value is -0.370. The van der Waals surface area contributed by atoms with Crippen molar-refractivity contribution in [1.29, 1.82) is 0 Å². The molecule has 0 bridgehead atoms. The third kappa shape index (κ3) is 1.69. The number of hydrogen-bond donors (Lipinski definition) is 1. The Morgan fingerprint density at radius 1 is 1.42 bits per heavy atom. The normalized spacial score (nSPS) is 24.8. The zero-order chi connectivity index (χ0) is 9.03. The van der Waals surface area contributed by atoms with Gasteiger partial charge in [0.2, 0.25) is 0 Å². The second-order valence-electron chi connectivity index (χ2n) is 4.00. The van der Waals surface area contributed by atoms with E-state index in [0.29, 0.717) is 0 Å². The van der Waals surface area contributed by atoms with E-state index < -0.39 is 0 Å². The van der Waals surface area contributed by atoms with Crippen LogP contribution in [-0.4, -0.2) is 18.0 Å². The Bertz CT molecular complexity index is 148. The molecule has 0 amide bonds. The molecule has 0 spiro atoms. The lowest BCUT2D eigenvalue weighted by Crippen LogP contribution is -2.34. The van der Waals surface area contributed by atoms with Crippen molar-refractivity contribution in [3.63, 3.8) is 0 Å². The fraction of sp³-hybridized carbons (Fsp3) is 0.900. The van der Waals surface area contributed by atoms with Gasteiger partial charge in [-0.25, -0.2) is 0 Å². The monoisotopic (exact) mass is 170 g/mol. The summed E-state index contributed by atoms with van der Waals surface area (Å²) in [6, 6.07) is 0. The minimum absolute atomic E-state index is 0.135. The molecule has 1 saturated carbocycles. The molecular formula is C10H18O2. The molecule has 1 atom stereocenters. The number of rotatable bonds is 3. The highest BCUT2D eigenvalue weighted by Crippen LogP contribution is 2.40. The van der Waals surface area contributed by atoms with Crippen LogP contribution in [0.25, 0.3) is 0 Å². The average molecular weight is 170 g/mol. The lowest BCUT2D eigenvalue weighted by Gasteiger charge is -2.36. The quantitative estimate of drug-likeness (QED) is 0.655. The Labute approximate surface area is 74.0 Å². The fourth-order valence-electron chi connectivity index (χ4n) is 2.12. The van der Waals surface area contributed by atoms with Gasteiger partial charge in [-0.05, 0) is 18.8 Å². The molecule has 1 unspecified atom stereocenters. The molecule has 0 aromatic rings. The van der Waals surface area contributed by atoms with Gasteiger partial charge in [0.05, 0.1) is 0 Å². The van der Waals surface area contributed by atoms with Gasteiger partial charge in [-0.1, -0.05) is 26.2 Å². The van der Waals surface area contributed by atoms with Gasteiger partial charge in [-0.3, -0.25) is 0 Å². The van der Waals surface area contributed by atoms with Crippen LogP contribution in [0.4, 0.5) is 0 Å². The summed E-state index contributed by atoms with van der Waals surface area (Å²) in [7, 11) is 0. The van der Waals surface area contributed by atoms with E-state index in [-0.39, 0.29) is 17.9 Å². The summed E-state index contributed by atoms with van der Waals surface area (Å²) in [4.78, 5) is 11.0. The number of aliphatic hydroxyl groups is 1. The molecule has 1 aliphatic rings. The van der Waals surface area contributed by atoms with Crippen molar-refractivity contribution in [1.82, 2.24) is 0 Å². The first-order valence-electron chi connectivity index (χ1n) is 4.82. The second-order valence-corrected chi connectivity index (χ2v) is 4.00. The lowest BCUT2D eigenvalue weighted by atomic mass is 9.68. The summed E-state index contributed by atoms with van der Waals surface area (Å²) in [5, 5.41) is 9.02. The number of aliphatic hydroxyl groups excluding tert-OH is 1. The van der Waals surface area contributed by atoms with Crippen molar-refractivity contribution in [3.8, 4) is 0 Å². The molecule has 0 saturated heterocycles. The molecule has 12 heavy (non-hydrogen) atoms. The molecule has 2 nitrogen and oxygen atoms in total. The zero-order valence-corrected chi connectivity index (χ0v) is 7.75. The van der Waals surface area contributed by atoms with Crippen molar-refractivity contribution in [2.75, 3.05) is 6.61 Å². The van der Waals surface area contributed by atoms with Crippen LogP contribution in [0.5, 0.6) is 0 Å². The third-order valence-electron chi connectivity index (χ3n) is 3.27. The first-order chi connectivity index (χ1) is 5.75. The SMILES string of the molecule is CC(CO)C1(C=O)CCCCC1. The van der Waals surface area contributed by atoms with Crippen molar-refractivity contribution in [3.05, 3.63) is 0 Å². The van der Waals surface area contributed by atoms with E-state index in [1.54, 1.807) is 0 Å². The van der Waals surface area contributed by atoms with Gasteiger partial charge in [-0.15, -0.1) is 0 Å². The van der Waals surface area contributed by atoms with Crippen molar-refractivity contribution in [2.45, 2.75) is 39.0 Å². The molecule has 0 aliphatic heterocycles.